The van der Waals surface area contributed by atoms with Gasteiger partial charge in [-0.1, -0.05) is 12.1 Å². The van der Waals surface area contributed by atoms with Crippen LogP contribution >= 0.6 is 0 Å². The van der Waals surface area contributed by atoms with Crippen molar-refractivity contribution in [2.45, 2.75) is 31.8 Å². The summed E-state index contributed by atoms with van der Waals surface area (Å²) in [6.45, 7) is 3.03. The van der Waals surface area contributed by atoms with Crippen LogP contribution in [0.25, 0.3) is 0 Å². The number of hydrogen-bond acceptors (Lipinski definition) is 3. The van der Waals surface area contributed by atoms with E-state index in [0.29, 0.717) is 6.10 Å². The molecule has 0 aromatic heterocycles. The van der Waals surface area contributed by atoms with Gasteiger partial charge in [-0.25, -0.2) is 0 Å². The summed E-state index contributed by atoms with van der Waals surface area (Å²) in [4.78, 5) is 0. The summed E-state index contributed by atoms with van der Waals surface area (Å²) >= 11 is 0. The zero-order valence-electron chi connectivity index (χ0n) is 10.3. The molecule has 1 aromatic rings. The minimum absolute atomic E-state index is 0.499. The molecule has 1 aliphatic heterocycles. The molecular weight excluding hydrogens is 212 g/mol. The van der Waals surface area contributed by atoms with E-state index >= 15 is 0 Å². The average Bonchev–Trinajstić information content (AvgIpc) is 2.84. The molecule has 0 saturated carbocycles. The van der Waals surface area contributed by atoms with Crippen molar-refractivity contribution < 1.29 is 4.74 Å². The smallest absolute Gasteiger partial charge is 0.0588 e. The molecule has 1 aliphatic rings. The van der Waals surface area contributed by atoms with Crippen LogP contribution in [-0.4, -0.2) is 25.8 Å². The molecule has 0 radical (unpaired) electrons. The van der Waals surface area contributed by atoms with E-state index < -0.39 is 0 Å². The standard InChI is InChI=1S/C14H22N2O/c15-13-5-3-12(4-6-13)7-9-16-10-8-14-2-1-11-17-14/h3-6,14,16H,1-2,7-11,15H2. The highest BCUT2D eigenvalue weighted by atomic mass is 16.5. The SMILES string of the molecule is Nc1ccc(CCNCCC2CCCO2)cc1. The predicted octanol–water partition coefficient (Wildman–Crippen LogP) is 1.97. The van der Waals surface area contributed by atoms with Crippen molar-refractivity contribution in [3.8, 4) is 0 Å². The second-order valence-corrected chi connectivity index (χ2v) is 4.67. The molecule has 17 heavy (non-hydrogen) atoms. The Morgan fingerprint density at radius 3 is 2.76 bits per heavy atom. The van der Waals surface area contributed by atoms with Crippen LogP contribution in [0.5, 0.6) is 0 Å². The van der Waals surface area contributed by atoms with Gasteiger partial charge in [0.15, 0.2) is 0 Å². The van der Waals surface area contributed by atoms with Gasteiger partial charge >= 0.3 is 0 Å². The van der Waals surface area contributed by atoms with Crippen molar-refractivity contribution >= 4 is 5.69 Å². The Kier molecular flexibility index (Phi) is 4.83. The molecule has 1 heterocycles. The van der Waals surface area contributed by atoms with Crippen LogP contribution in [0.15, 0.2) is 24.3 Å². The monoisotopic (exact) mass is 234 g/mol. The van der Waals surface area contributed by atoms with Gasteiger partial charge < -0.3 is 15.8 Å². The largest absolute Gasteiger partial charge is 0.399 e. The topological polar surface area (TPSA) is 47.3 Å². The minimum Gasteiger partial charge on any atom is -0.399 e. The Morgan fingerprint density at radius 2 is 2.06 bits per heavy atom. The van der Waals surface area contributed by atoms with Crippen molar-refractivity contribution in [1.29, 1.82) is 0 Å². The van der Waals surface area contributed by atoms with Crippen LogP contribution in [-0.2, 0) is 11.2 Å². The molecule has 1 fully saturated rings. The Labute approximate surface area is 103 Å². The number of nitrogen functional groups attached to an aromatic ring is 1. The van der Waals surface area contributed by atoms with Crippen LogP contribution in [0, 0.1) is 0 Å². The van der Waals surface area contributed by atoms with Crippen LogP contribution in [0.3, 0.4) is 0 Å². The lowest BCUT2D eigenvalue weighted by molar-refractivity contribution is 0.104. The average molecular weight is 234 g/mol. The van der Waals surface area contributed by atoms with Gasteiger partial charge in [0.25, 0.3) is 0 Å². The Bertz CT molecular complexity index is 317. The van der Waals surface area contributed by atoms with Gasteiger partial charge in [-0.15, -0.1) is 0 Å². The van der Waals surface area contributed by atoms with Gasteiger partial charge in [-0.2, -0.15) is 0 Å². The molecular formula is C14H22N2O. The molecule has 0 bridgehead atoms. The van der Waals surface area contributed by atoms with E-state index in [4.69, 9.17) is 10.5 Å². The van der Waals surface area contributed by atoms with Crippen molar-refractivity contribution in [3.63, 3.8) is 0 Å². The van der Waals surface area contributed by atoms with E-state index in [1.165, 1.54) is 18.4 Å². The third-order valence-electron chi connectivity index (χ3n) is 3.24. The summed E-state index contributed by atoms with van der Waals surface area (Å²) in [6, 6.07) is 8.11. The summed E-state index contributed by atoms with van der Waals surface area (Å²) in [7, 11) is 0. The lowest BCUT2D eigenvalue weighted by Crippen LogP contribution is -2.22. The predicted molar refractivity (Wildman–Crippen MR) is 71.0 cm³/mol. The number of hydrogen-bond donors (Lipinski definition) is 2. The second kappa shape index (κ2) is 6.62. The Morgan fingerprint density at radius 1 is 1.24 bits per heavy atom. The molecule has 0 amide bonds. The molecule has 1 aromatic carbocycles. The van der Waals surface area contributed by atoms with Crippen molar-refractivity contribution in [3.05, 3.63) is 29.8 Å². The summed E-state index contributed by atoms with van der Waals surface area (Å²) in [5.74, 6) is 0. The summed E-state index contributed by atoms with van der Waals surface area (Å²) in [5, 5.41) is 3.46. The first-order chi connectivity index (χ1) is 8.34. The lowest BCUT2D eigenvalue weighted by atomic mass is 10.1. The molecule has 1 saturated heterocycles. The van der Waals surface area contributed by atoms with Gasteiger partial charge in [0.1, 0.15) is 0 Å². The fraction of sp³-hybridized carbons (Fsp3) is 0.571. The fourth-order valence-corrected chi connectivity index (χ4v) is 2.18. The first-order valence-corrected chi connectivity index (χ1v) is 6.51. The normalized spacial score (nSPS) is 19.6. The third-order valence-corrected chi connectivity index (χ3v) is 3.24. The number of ether oxygens (including phenoxy) is 1. The molecule has 0 aliphatic carbocycles. The Hall–Kier alpha value is -1.06. The zero-order chi connectivity index (χ0) is 11.9. The number of anilines is 1. The quantitative estimate of drug-likeness (QED) is 0.584. The van der Waals surface area contributed by atoms with Crippen LogP contribution in [0.1, 0.15) is 24.8 Å². The van der Waals surface area contributed by atoms with Crippen LogP contribution in [0.4, 0.5) is 5.69 Å². The van der Waals surface area contributed by atoms with Gasteiger partial charge in [0.05, 0.1) is 6.10 Å². The van der Waals surface area contributed by atoms with Crippen LogP contribution < -0.4 is 11.1 Å². The third kappa shape index (κ3) is 4.36. The maximum atomic E-state index is 5.64. The lowest BCUT2D eigenvalue weighted by Gasteiger charge is -2.10. The van der Waals surface area contributed by atoms with E-state index in [2.05, 4.69) is 17.4 Å². The molecule has 3 N–H and O–H groups in total. The van der Waals surface area contributed by atoms with Crippen molar-refractivity contribution in [2.75, 3.05) is 25.4 Å². The molecule has 1 atom stereocenters. The number of benzene rings is 1. The van der Waals surface area contributed by atoms with Crippen LogP contribution in [0.2, 0.25) is 0 Å². The highest BCUT2D eigenvalue weighted by molar-refractivity contribution is 5.39. The highest BCUT2D eigenvalue weighted by Crippen LogP contribution is 2.14. The first-order valence-electron chi connectivity index (χ1n) is 6.51. The number of nitrogens with one attached hydrogen (secondary N) is 1. The maximum Gasteiger partial charge on any atom is 0.0588 e. The summed E-state index contributed by atoms with van der Waals surface area (Å²) in [6.07, 6.45) is 5.17. The molecule has 3 nitrogen and oxygen atoms in total. The number of rotatable bonds is 6. The van der Waals surface area contributed by atoms with E-state index in [1.807, 2.05) is 12.1 Å². The highest BCUT2D eigenvalue weighted by Gasteiger charge is 2.14. The fourth-order valence-electron chi connectivity index (χ4n) is 2.18. The van der Waals surface area contributed by atoms with Crippen molar-refractivity contribution in [2.24, 2.45) is 0 Å². The van der Waals surface area contributed by atoms with Gasteiger partial charge in [0.2, 0.25) is 0 Å². The molecule has 1 unspecified atom stereocenters. The number of nitrogens with two attached hydrogens (primary N) is 1. The van der Waals surface area contributed by atoms with Gasteiger partial charge in [-0.3, -0.25) is 0 Å². The van der Waals surface area contributed by atoms with E-state index in [1.54, 1.807) is 0 Å². The van der Waals surface area contributed by atoms with Crippen molar-refractivity contribution in [1.82, 2.24) is 5.32 Å². The van der Waals surface area contributed by atoms with E-state index in [9.17, 15) is 0 Å². The van der Waals surface area contributed by atoms with E-state index in [0.717, 1.165) is 38.2 Å². The maximum absolute atomic E-state index is 5.64. The van der Waals surface area contributed by atoms with Gasteiger partial charge in [0, 0.05) is 12.3 Å². The van der Waals surface area contributed by atoms with E-state index in [-0.39, 0.29) is 0 Å². The zero-order valence-corrected chi connectivity index (χ0v) is 10.3. The molecule has 2 rings (SSSR count). The Balaban J connectivity index is 1.55. The minimum atomic E-state index is 0.499. The second-order valence-electron chi connectivity index (χ2n) is 4.67. The summed E-state index contributed by atoms with van der Waals surface area (Å²) in [5.41, 5.74) is 7.81. The molecule has 94 valence electrons. The molecule has 0 spiro atoms. The summed E-state index contributed by atoms with van der Waals surface area (Å²) < 4.78 is 5.58. The first kappa shape index (κ1) is 12.4. The molecule has 3 heteroatoms. The van der Waals surface area contributed by atoms with Gasteiger partial charge in [-0.05, 0) is 56.5 Å².